The molecule has 1 N–H and O–H groups in total. The van der Waals surface area contributed by atoms with Crippen LogP contribution in [0.25, 0.3) is 5.76 Å². The molecule has 0 radical (unpaired) electrons. The number of fused-ring (bicyclic) bond motifs is 1. The Morgan fingerprint density at radius 2 is 1.76 bits per heavy atom. The lowest BCUT2D eigenvalue weighted by Crippen LogP contribution is -2.39. The number of methoxy groups -OCH3 is 1. The van der Waals surface area contributed by atoms with E-state index in [0.29, 0.717) is 49.3 Å². The third-order valence-corrected chi connectivity index (χ3v) is 7.33. The first kappa shape index (κ1) is 25.9. The number of ketones is 1. The highest BCUT2D eigenvalue weighted by Crippen LogP contribution is 2.40. The standard InChI is InChI=1S/C29H32N2O7/c1-18-16-22-17-21(8-9-23(22)38-18)26(32)24-25(19-4-6-20(7-5-19)29(35)36-2)31(28(34)27(24)33)11-3-10-30-12-14-37-15-13-30/h4-9,17-18,25,32H,3,10-16H2,1-2H3/b26-24+/t18-,25+/m0/s1. The SMILES string of the molecule is COC(=O)c1ccc([C@@H]2/C(=C(\O)c3ccc4c(c3)C[C@H](C)O4)C(=O)C(=O)N2CCCN2CCOCC2)cc1. The molecule has 2 aromatic carbocycles. The van der Waals surface area contributed by atoms with Crippen molar-refractivity contribution in [3.05, 3.63) is 70.3 Å². The number of carbonyl (C=O) groups is 3. The average molecular weight is 521 g/mol. The minimum absolute atomic E-state index is 0.0350. The molecule has 0 unspecified atom stereocenters. The molecule has 2 atom stereocenters. The van der Waals surface area contributed by atoms with E-state index in [4.69, 9.17) is 14.2 Å². The molecule has 3 aliphatic rings. The largest absolute Gasteiger partial charge is 0.507 e. The van der Waals surface area contributed by atoms with E-state index in [0.717, 1.165) is 30.9 Å². The Morgan fingerprint density at radius 3 is 2.47 bits per heavy atom. The highest BCUT2D eigenvalue weighted by Gasteiger charge is 2.46. The Labute approximate surface area is 221 Å². The van der Waals surface area contributed by atoms with Crippen molar-refractivity contribution in [1.82, 2.24) is 9.80 Å². The van der Waals surface area contributed by atoms with Crippen molar-refractivity contribution >= 4 is 23.4 Å². The second-order valence-corrected chi connectivity index (χ2v) is 9.87. The van der Waals surface area contributed by atoms with E-state index in [1.165, 1.54) is 12.0 Å². The first-order chi connectivity index (χ1) is 18.4. The number of nitrogens with zero attached hydrogens (tertiary/aromatic N) is 2. The van der Waals surface area contributed by atoms with Gasteiger partial charge in [0.2, 0.25) is 0 Å². The van der Waals surface area contributed by atoms with Crippen LogP contribution >= 0.6 is 0 Å². The fourth-order valence-corrected chi connectivity index (χ4v) is 5.39. The quantitative estimate of drug-likeness (QED) is 0.257. The van der Waals surface area contributed by atoms with Crippen molar-refractivity contribution in [1.29, 1.82) is 0 Å². The lowest BCUT2D eigenvalue weighted by Gasteiger charge is -2.29. The Hall–Kier alpha value is -3.69. The van der Waals surface area contributed by atoms with Gasteiger partial charge in [0, 0.05) is 38.2 Å². The molecule has 2 aromatic rings. The lowest BCUT2D eigenvalue weighted by atomic mass is 9.94. The lowest BCUT2D eigenvalue weighted by molar-refractivity contribution is -0.140. The number of amides is 1. The summed E-state index contributed by atoms with van der Waals surface area (Å²) in [5.41, 5.74) is 2.43. The summed E-state index contributed by atoms with van der Waals surface area (Å²) in [6.45, 7) is 6.11. The van der Waals surface area contributed by atoms with Gasteiger partial charge in [-0.3, -0.25) is 14.5 Å². The maximum absolute atomic E-state index is 13.4. The highest BCUT2D eigenvalue weighted by atomic mass is 16.5. The highest BCUT2D eigenvalue weighted by molar-refractivity contribution is 6.46. The van der Waals surface area contributed by atoms with Gasteiger partial charge in [-0.1, -0.05) is 12.1 Å². The number of Topliss-reactive ketones (excluding diaryl/α,β-unsaturated/α-hetero) is 1. The number of aliphatic hydroxyl groups excluding tert-OH is 1. The van der Waals surface area contributed by atoms with Gasteiger partial charge in [0.1, 0.15) is 17.6 Å². The number of esters is 1. The molecular formula is C29H32N2O7. The van der Waals surface area contributed by atoms with Crippen LogP contribution in [0.4, 0.5) is 0 Å². The molecule has 2 fully saturated rings. The van der Waals surface area contributed by atoms with Gasteiger partial charge in [-0.2, -0.15) is 0 Å². The van der Waals surface area contributed by atoms with Crippen LogP contribution < -0.4 is 4.74 Å². The van der Waals surface area contributed by atoms with Crippen molar-refractivity contribution in [2.45, 2.75) is 31.9 Å². The normalized spacial score (nSPS) is 22.8. The van der Waals surface area contributed by atoms with Gasteiger partial charge in [-0.05, 0) is 54.8 Å². The van der Waals surface area contributed by atoms with Crippen molar-refractivity contribution < 1.29 is 33.7 Å². The van der Waals surface area contributed by atoms with Gasteiger partial charge >= 0.3 is 5.97 Å². The number of morpholine rings is 1. The number of hydrogen-bond acceptors (Lipinski definition) is 8. The maximum Gasteiger partial charge on any atom is 0.337 e. The first-order valence-electron chi connectivity index (χ1n) is 12.9. The van der Waals surface area contributed by atoms with Gasteiger partial charge in [-0.25, -0.2) is 4.79 Å². The summed E-state index contributed by atoms with van der Waals surface area (Å²) in [5.74, 6) is -1.31. The minimum atomic E-state index is -0.783. The number of benzene rings is 2. The number of carbonyl (C=O) groups excluding carboxylic acids is 3. The van der Waals surface area contributed by atoms with Gasteiger partial charge in [-0.15, -0.1) is 0 Å². The molecule has 0 aromatic heterocycles. The van der Waals surface area contributed by atoms with Crippen LogP contribution in [0.2, 0.25) is 0 Å². The molecule has 0 bridgehead atoms. The van der Waals surface area contributed by atoms with Gasteiger partial charge < -0.3 is 24.2 Å². The molecule has 9 nitrogen and oxygen atoms in total. The predicted molar refractivity (Wildman–Crippen MR) is 139 cm³/mol. The molecular weight excluding hydrogens is 488 g/mol. The molecule has 0 aliphatic carbocycles. The Bertz CT molecular complexity index is 1260. The smallest absolute Gasteiger partial charge is 0.337 e. The van der Waals surface area contributed by atoms with Crippen molar-refractivity contribution in [2.75, 3.05) is 46.5 Å². The van der Waals surface area contributed by atoms with E-state index < -0.39 is 23.7 Å². The Morgan fingerprint density at radius 1 is 1.05 bits per heavy atom. The summed E-state index contributed by atoms with van der Waals surface area (Å²) < 4.78 is 16.0. The second-order valence-electron chi connectivity index (χ2n) is 9.87. The topological polar surface area (TPSA) is 106 Å². The van der Waals surface area contributed by atoms with Crippen LogP contribution in [0, 0.1) is 0 Å². The maximum atomic E-state index is 13.4. The molecule has 200 valence electrons. The van der Waals surface area contributed by atoms with E-state index in [1.807, 2.05) is 13.0 Å². The molecule has 5 rings (SSSR count). The second kappa shape index (κ2) is 11.0. The summed E-state index contributed by atoms with van der Waals surface area (Å²) in [4.78, 5) is 42.4. The van der Waals surface area contributed by atoms with Gasteiger partial charge in [0.05, 0.1) is 37.5 Å². The van der Waals surface area contributed by atoms with Gasteiger partial charge in [0.25, 0.3) is 11.7 Å². The number of rotatable bonds is 7. The molecule has 1 amide bonds. The van der Waals surface area contributed by atoms with Crippen LogP contribution in [0.15, 0.2) is 48.0 Å². The minimum Gasteiger partial charge on any atom is -0.507 e. The zero-order chi connectivity index (χ0) is 26.8. The number of likely N-dealkylation sites (tertiary alicyclic amines) is 1. The van der Waals surface area contributed by atoms with E-state index in [2.05, 4.69) is 4.90 Å². The fraction of sp³-hybridized carbons (Fsp3) is 0.414. The molecule has 0 spiro atoms. The first-order valence-corrected chi connectivity index (χ1v) is 12.9. The summed E-state index contributed by atoms with van der Waals surface area (Å²) in [5, 5.41) is 11.4. The van der Waals surface area contributed by atoms with E-state index in [1.54, 1.807) is 36.4 Å². The van der Waals surface area contributed by atoms with Crippen LogP contribution in [-0.2, 0) is 25.5 Å². The number of hydrogen-bond donors (Lipinski definition) is 1. The predicted octanol–water partition coefficient (Wildman–Crippen LogP) is 2.94. The number of aliphatic hydroxyl groups is 1. The summed E-state index contributed by atoms with van der Waals surface area (Å²) in [7, 11) is 1.31. The van der Waals surface area contributed by atoms with Gasteiger partial charge in [0.15, 0.2) is 0 Å². The molecule has 38 heavy (non-hydrogen) atoms. The van der Waals surface area contributed by atoms with E-state index >= 15 is 0 Å². The van der Waals surface area contributed by atoms with Crippen molar-refractivity contribution in [2.24, 2.45) is 0 Å². The van der Waals surface area contributed by atoms with Crippen molar-refractivity contribution in [3.63, 3.8) is 0 Å². The Balaban J connectivity index is 1.49. The zero-order valence-corrected chi connectivity index (χ0v) is 21.6. The van der Waals surface area contributed by atoms with Crippen LogP contribution in [0.5, 0.6) is 5.75 Å². The monoisotopic (exact) mass is 520 g/mol. The average Bonchev–Trinajstić information content (AvgIpc) is 3.44. The summed E-state index contributed by atoms with van der Waals surface area (Å²) >= 11 is 0. The fourth-order valence-electron chi connectivity index (χ4n) is 5.39. The molecule has 9 heteroatoms. The van der Waals surface area contributed by atoms with Crippen LogP contribution in [-0.4, -0.2) is 85.2 Å². The molecule has 3 heterocycles. The molecule has 3 aliphatic heterocycles. The summed E-state index contributed by atoms with van der Waals surface area (Å²) in [6.07, 6.45) is 1.40. The van der Waals surface area contributed by atoms with Crippen LogP contribution in [0.1, 0.15) is 46.4 Å². The molecule has 2 saturated heterocycles. The molecule has 0 saturated carbocycles. The van der Waals surface area contributed by atoms with Crippen LogP contribution in [0.3, 0.4) is 0 Å². The van der Waals surface area contributed by atoms with E-state index in [9.17, 15) is 19.5 Å². The number of ether oxygens (including phenoxy) is 3. The third kappa shape index (κ3) is 5.04. The zero-order valence-electron chi connectivity index (χ0n) is 21.6. The van der Waals surface area contributed by atoms with E-state index in [-0.39, 0.29) is 17.4 Å². The summed E-state index contributed by atoms with van der Waals surface area (Å²) in [6, 6.07) is 11.1. The van der Waals surface area contributed by atoms with Crippen molar-refractivity contribution in [3.8, 4) is 5.75 Å². The Kier molecular flexibility index (Phi) is 7.49. The third-order valence-electron chi connectivity index (χ3n) is 7.33.